The molecule has 6 heteroatoms. The SMILES string of the molecule is COc1ccc(F)c(C(=O)NC[C@@H]2CCCO[C@H]2C(C)C)c1OC. The number of nitrogens with one attached hydrogen (secondary N) is 1. The van der Waals surface area contributed by atoms with Gasteiger partial charge in [-0.05, 0) is 30.9 Å². The van der Waals surface area contributed by atoms with Crippen molar-refractivity contribution in [1.82, 2.24) is 5.32 Å². The van der Waals surface area contributed by atoms with E-state index in [1.165, 1.54) is 26.4 Å². The van der Waals surface area contributed by atoms with Gasteiger partial charge in [-0.25, -0.2) is 4.39 Å². The number of benzene rings is 1. The second-order valence-electron chi connectivity index (χ2n) is 6.35. The van der Waals surface area contributed by atoms with Crippen molar-refractivity contribution in [1.29, 1.82) is 0 Å². The number of amides is 1. The molecule has 2 atom stereocenters. The molecule has 0 aliphatic carbocycles. The van der Waals surface area contributed by atoms with Crippen LogP contribution in [0.1, 0.15) is 37.0 Å². The highest BCUT2D eigenvalue weighted by atomic mass is 19.1. The number of hydrogen-bond donors (Lipinski definition) is 1. The third-order valence-electron chi connectivity index (χ3n) is 4.40. The summed E-state index contributed by atoms with van der Waals surface area (Å²) in [5.74, 6) is -0.111. The number of rotatable bonds is 6. The minimum absolute atomic E-state index is 0.107. The van der Waals surface area contributed by atoms with Crippen LogP contribution in [0.15, 0.2) is 12.1 Å². The smallest absolute Gasteiger partial charge is 0.258 e. The molecule has 0 saturated carbocycles. The lowest BCUT2D eigenvalue weighted by Gasteiger charge is -2.34. The van der Waals surface area contributed by atoms with Gasteiger partial charge in [-0.3, -0.25) is 4.79 Å². The van der Waals surface area contributed by atoms with Crippen LogP contribution < -0.4 is 14.8 Å². The lowest BCUT2D eigenvalue weighted by Crippen LogP contribution is -2.41. The highest BCUT2D eigenvalue weighted by molar-refractivity contribution is 5.98. The van der Waals surface area contributed by atoms with Crippen molar-refractivity contribution in [2.24, 2.45) is 11.8 Å². The van der Waals surface area contributed by atoms with Crippen LogP contribution in [0, 0.1) is 17.7 Å². The van der Waals surface area contributed by atoms with Crippen molar-refractivity contribution in [3.8, 4) is 11.5 Å². The zero-order valence-electron chi connectivity index (χ0n) is 14.7. The standard InChI is InChI=1S/C18H26FNO4/c1-11(2)16-12(6-5-9-24-16)10-20-18(21)15-13(19)7-8-14(22-3)17(15)23-4/h7-8,11-12,16H,5-6,9-10H2,1-4H3,(H,20,21)/t12-,16-/m0/s1. The van der Waals surface area contributed by atoms with Gasteiger partial charge in [0.2, 0.25) is 0 Å². The topological polar surface area (TPSA) is 56.8 Å². The van der Waals surface area contributed by atoms with Crippen LogP contribution in [0.3, 0.4) is 0 Å². The monoisotopic (exact) mass is 339 g/mol. The number of methoxy groups -OCH3 is 2. The second-order valence-corrected chi connectivity index (χ2v) is 6.35. The van der Waals surface area contributed by atoms with Gasteiger partial charge in [-0.2, -0.15) is 0 Å². The van der Waals surface area contributed by atoms with Gasteiger partial charge < -0.3 is 19.5 Å². The number of halogens is 1. The molecular weight excluding hydrogens is 313 g/mol. The van der Waals surface area contributed by atoms with E-state index in [1.807, 2.05) is 0 Å². The molecule has 134 valence electrons. The van der Waals surface area contributed by atoms with E-state index in [2.05, 4.69) is 19.2 Å². The van der Waals surface area contributed by atoms with Gasteiger partial charge in [0, 0.05) is 19.1 Å². The summed E-state index contributed by atoms with van der Waals surface area (Å²) in [4.78, 5) is 12.5. The maximum atomic E-state index is 14.2. The molecule has 0 spiro atoms. The van der Waals surface area contributed by atoms with Gasteiger partial charge in [0.15, 0.2) is 11.5 Å². The minimum atomic E-state index is -0.634. The molecule has 0 bridgehead atoms. The summed E-state index contributed by atoms with van der Waals surface area (Å²) >= 11 is 0. The fourth-order valence-electron chi connectivity index (χ4n) is 3.25. The molecule has 5 nitrogen and oxygen atoms in total. The van der Waals surface area contributed by atoms with Crippen molar-refractivity contribution < 1.29 is 23.4 Å². The van der Waals surface area contributed by atoms with E-state index < -0.39 is 11.7 Å². The molecule has 0 aromatic heterocycles. The normalized spacial score (nSPS) is 20.8. The third kappa shape index (κ3) is 3.98. The van der Waals surface area contributed by atoms with E-state index in [0.29, 0.717) is 18.2 Å². The first kappa shape index (κ1) is 18.5. The van der Waals surface area contributed by atoms with E-state index in [9.17, 15) is 9.18 Å². The Hall–Kier alpha value is -1.82. The van der Waals surface area contributed by atoms with E-state index in [4.69, 9.17) is 14.2 Å². The third-order valence-corrected chi connectivity index (χ3v) is 4.40. The van der Waals surface area contributed by atoms with Gasteiger partial charge in [0.25, 0.3) is 5.91 Å². The largest absolute Gasteiger partial charge is 0.493 e. The van der Waals surface area contributed by atoms with Crippen molar-refractivity contribution >= 4 is 5.91 Å². The molecule has 1 aromatic rings. The summed E-state index contributed by atoms with van der Waals surface area (Å²) in [6.07, 6.45) is 2.07. The number of carbonyl (C=O) groups is 1. The summed E-state index contributed by atoms with van der Waals surface area (Å²) in [5.41, 5.74) is -0.130. The van der Waals surface area contributed by atoms with Gasteiger partial charge >= 0.3 is 0 Å². The second kappa shape index (κ2) is 8.33. The van der Waals surface area contributed by atoms with Gasteiger partial charge in [0.1, 0.15) is 11.4 Å². The molecule has 1 N–H and O–H groups in total. The molecule has 24 heavy (non-hydrogen) atoms. The minimum Gasteiger partial charge on any atom is -0.493 e. The first-order valence-corrected chi connectivity index (χ1v) is 8.29. The van der Waals surface area contributed by atoms with E-state index in [0.717, 1.165) is 19.4 Å². The zero-order chi connectivity index (χ0) is 17.7. The first-order chi connectivity index (χ1) is 11.5. The van der Waals surface area contributed by atoms with Crippen LogP contribution in [-0.2, 0) is 4.74 Å². The highest BCUT2D eigenvalue weighted by Crippen LogP contribution is 2.33. The van der Waals surface area contributed by atoms with Crippen LogP contribution >= 0.6 is 0 Å². The van der Waals surface area contributed by atoms with Crippen molar-refractivity contribution in [3.05, 3.63) is 23.5 Å². The van der Waals surface area contributed by atoms with E-state index in [-0.39, 0.29) is 23.3 Å². The molecule has 1 heterocycles. The molecule has 0 unspecified atom stereocenters. The Morgan fingerprint density at radius 2 is 2.12 bits per heavy atom. The Bertz CT molecular complexity index is 576. The van der Waals surface area contributed by atoms with Gasteiger partial charge in [-0.15, -0.1) is 0 Å². The molecule has 1 amide bonds. The fraction of sp³-hybridized carbons (Fsp3) is 0.611. The molecule has 1 aliphatic heterocycles. The molecule has 0 radical (unpaired) electrons. The first-order valence-electron chi connectivity index (χ1n) is 8.29. The average Bonchev–Trinajstić information content (AvgIpc) is 2.59. The zero-order valence-corrected chi connectivity index (χ0v) is 14.7. The quantitative estimate of drug-likeness (QED) is 0.865. The molecule has 2 rings (SSSR count). The number of carbonyl (C=O) groups excluding carboxylic acids is 1. The van der Waals surface area contributed by atoms with E-state index in [1.54, 1.807) is 0 Å². The van der Waals surface area contributed by atoms with Crippen LogP contribution in [0.2, 0.25) is 0 Å². The van der Waals surface area contributed by atoms with Gasteiger partial charge in [0.05, 0.1) is 20.3 Å². The van der Waals surface area contributed by atoms with E-state index >= 15 is 0 Å². The lowest BCUT2D eigenvalue weighted by molar-refractivity contribution is -0.0510. The predicted octanol–water partition coefficient (Wildman–Crippen LogP) is 3.02. The fourth-order valence-corrected chi connectivity index (χ4v) is 3.25. The summed E-state index contributed by atoms with van der Waals surface area (Å²) in [6.45, 7) is 5.41. The van der Waals surface area contributed by atoms with Crippen LogP contribution in [0.5, 0.6) is 11.5 Å². The Morgan fingerprint density at radius 3 is 2.75 bits per heavy atom. The average molecular weight is 339 g/mol. The Morgan fingerprint density at radius 1 is 1.38 bits per heavy atom. The lowest BCUT2D eigenvalue weighted by atomic mass is 9.87. The molecule has 1 saturated heterocycles. The summed E-state index contributed by atoms with van der Waals surface area (Å²) in [7, 11) is 2.84. The molecule has 1 fully saturated rings. The Kier molecular flexibility index (Phi) is 6.43. The molecule has 1 aliphatic rings. The van der Waals surface area contributed by atoms with Crippen LogP contribution in [-0.4, -0.2) is 39.4 Å². The van der Waals surface area contributed by atoms with Crippen LogP contribution in [0.25, 0.3) is 0 Å². The summed E-state index contributed by atoms with van der Waals surface area (Å²) in [5, 5.41) is 2.83. The number of ether oxygens (including phenoxy) is 3. The highest BCUT2D eigenvalue weighted by Gasteiger charge is 2.30. The molecule has 1 aromatic carbocycles. The van der Waals surface area contributed by atoms with Crippen LogP contribution in [0.4, 0.5) is 4.39 Å². The maximum Gasteiger partial charge on any atom is 0.258 e. The van der Waals surface area contributed by atoms with Crippen molar-refractivity contribution in [3.63, 3.8) is 0 Å². The summed E-state index contributed by atoms with van der Waals surface area (Å²) in [6, 6.07) is 2.64. The van der Waals surface area contributed by atoms with Crippen molar-refractivity contribution in [2.45, 2.75) is 32.8 Å². The van der Waals surface area contributed by atoms with Crippen molar-refractivity contribution in [2.75, 3.05) is 27.4 Å². The Balaban J connectivity index is 2.12. The maximum absolute atomic E-state index is 14.2. The Labute approximate surface area is 142 Å². The predicted molar refractivity (Wildman–Crippen MR) is 89.1 cm³/mol. The summed E-state index contributed by atoms with van der Waals surface area (Å²) < 4.78 is 30.3. The molecular formula is C18H26FNO4. The van der Waals surface area contributed by atoms with Gasteiger partial charge in [-0.1, -0.05) is 13.8 Å². The number of hydrogen-bond acceptors (Lipinski definition) is 4.